The molecule has 12 heteroatoms. The molecule has 0 saturated carbocycles. The maximum atomic E-state index is 10.6. The molecule has 0 amide bonds. The fourth-order valence-electron chi connectivity index (χ4n) is 1.48. The molecule has 10 nitrogen and oxygen atoms in total. The summed E-state index contributed by atoms with van der Waals surface area (Å²) in [5.41, 5.74) is 0. The van der Waals surface area contributed by atoms with E-state index in [-0.39, 0.29) is 61.8 Å². The van der Waals surface area contributed by atoms with Gasteiger partial charge in [0.25, 0.3) is 0 Å². The average molecular weight is 360 g/mol. The standard InChI is InChI=1S/C10H16N2O8.Ca.Si/c13-7(14)3-11(4-8(15)16)1-2-12(5-9(17)18)6-10(19)20;;/h1-6H2,(H,13,14)(H,15,16)(H,17,18)(H,19,20);;. The predicted octanol–water partition coefficient (Wildman–Crippen LogP) is -2.83. The van der Waals surface area contributed by atoms with Gasteiger partial charge >= 0.3 is 23.9 Å². The summed E-state index contributed by atoms with van der Waals surface area (Å²) in [6.45, 7) is -2.25. The van der Waals surface area contributed by atoms with Crippen LogP contribution in [0.3, 0.4) is 0 Å². The quantitative estimate of drug-likeness (QED) is 0.283. The van der Waals surface area contributed by atoms with E-state index in [0.717, 1.165) is 9.80 Å². The van der Waals surface area contributed by atoms with Crippen LogP contribution >= 0.6 is 0 Å². The first-order valence-electron chi connectivity index (χ1n) is 5.52. The van der Waals surface area contributed by atoms with E-state index in [1.165, 1.54) is 0 Å². The maximum absolute atomic E-state index is 10.6. The van der Waals surface area contributed by atoms with Crippen molar-refractivity contribution in [1.29, 1.82) is 0 Å². The number of aliphatic carboxylic acids is 4. The molecule has 0 aliphatic carbocycles. The minimum absolute atomic E-state index is 0. The first kappa shape index (κ1) is 26.2. The summed E-state index contributed by atoms with van der Waals surface area (Å²) in [4.78, 5) is 44.4. The van der Waals surface area contributed by atoms with E-state index in [4.69, 9.17) is 20.4 Å². The van der Waals surface area contributed by atoms with Crippen LogP contribution in [-0.4, -0.2) is 142 Å². The number of carboxylic acids is 4. The summed E-state index contributed by atoms with van der Waals surface area (Å²) in [6.07, 6.45) is 0. The molecule has 4 N–H and O–H groups in total. The van der Waals surface area contributed by atoms with E-state index in [1.54, 1.807) is 0 Å². The van der Waals surface area contributed by atoms with E-state index < -0.39 is 50.1 Å². The topological polar surface area (TPSA) is 156 Å². The molecule has 0 aromatic rings. The largest absolute Gasteiger partial charge is 0.480 e. The summed E-state index contributed by atoms with van der Waals surface area (Å²) < 4.78 is 0. The molecule has 0 atom stereocenters. The van der Waals surface area contributed by atoms with Crippen molar-refractivity contribution in [3.05, 3.63) is 0 Å². The van der Waals surface area contributed by atoms with Crippen molar-refractivity contribution in [2.24, 2.45) is 0 Å². The van der Waals surface area contributed by atoms with Gasteiger partial charge in [-0.2, -0.15) is 0 Å². The van der Waals surface area contributed by atoms with Crippen LogP contribution in [0.4, 0.5) is 0 Å². The Morgan fingerprint density at radius 1 is 0.591 bits per heavy atom. The zero-order valence-corrected chi connectivity index (χ0v) is 15.0. The molecule has 0 aromatic carbocycles. The Morgan fingerprint density at radius 3 is 0.909 bits per heavy atom. The normalized spacial score (nSPS) is 9.73. The van der Waals surface area contributed by atoms with Crippen LogP contribution in [0, 0.1) is 0 Å². The predicted molar refractivity (Wildman–Crippen MR) is 74.9 cm³/mol. The monoisotopic (exact) mass is 360 g/mol. The van der Waals surface area contributed by atoms with Gasteiger partial charge in [0.05, 0.1) is 26.2 Å². The van der Waals surface area contributed by atoms with Crippen molar-refractivity contribution >= 4 is 72.6 Å². The third kappa shape index (κ3) is 15.7. The van der Waals surface area contributed by atoms with Crippen LogP contribution in [-0.2, 0) is 19.2 Å². The van der Waals surface area contributed by atoms with Crippen molar-refractivity contribution in [3.8, 4) is 0 Å². The SMILES string of the molecule is O=C(O)CN(CCN(CC(=O)O)CC(=O)O)CC(=O)O.[Ca].[Si]. The Labute approximate surface area is 160 Å². The number of rotatable bonds is 11. The van der Waals surface area contributed by atoms with Gasteiger partial charge in [0.1, 0.15) is 0 Å². The fraction of sp³-hybridized carbons (Fsp3) is 0.600. The van der Waals surface area contributed by atoms with Crippen LogP contribution in [0.2, 0.25) is 0 Å². The Kier molecular flexibility index (Phi) is 16.6. The molecule has 0 spiro atoms. The molecule has 0 aliphatic rings. The summed E-state index contributed by atoms with van der Waals surface area (Å²) in [5.74, 6) is -4.91. The van der Waals surface area contributed by atoms with Gasteiger partial charge in [-0.15, -0.1) is 0 Å². The van der Waals surface area contributed by atoms with Crippen LogP contribution in [0.5, 0.6) is 0 Å². The molecule has 0 unspecified atom stereocenters. The molecule has 0 saturated heterocycles. The molecular weight excluding hydrogens is 344 g/mol. The van der Waals surface area contributed by atoms with Gasteiger partial charge in [-0.3, -0.25) is 29.0 Å². The number of carboxylic acid groups (broad SMARTS) is 4. The van der Waals surface area contributed by atoms with Gasteiger partial charge in [0.2, 0.25) is 0 Å². The summed E-state index contributed by atoms with van der Waals surface area (Å²) in [7, 11) is 0. The summed E-state index contributed by atoms with van der Waals surface area (Å²) in [5, 5.41) is 34.5. The minimum atomic E-state index is -1.23. The Balaban J connectivity index is -0.00000180. The van der Waals surface area contributed by atoms with Crippen LogP contribution < -0.4 is 0 Å². The maximum Gasteiger partial charge on any atom is 0.317 e. The van der Waals surface area contributed by atoms with Gasteiger partial charge in [-0.25, -0.2) is 0 Å². The third-order valence-electron chi connectivity index (χ3n) is 2.17. The number of hydrogen-bond donors (Lipinski definition) is 4. The van der Waals surface area contributed by atoms with E-state index in [2.05, 4.69) is 0 Å². The molecule has 0 rings (SSSR count). The first-order chi connectivity index (χ1) is 9.20. The molecule has 0 aromatic heterocycles. The van der Waals surface area contributed by atoms with Gasteiger partial charge in [0, 0.05) is 61.8 Å². The summed E-state index contributed by atoms with van der Waals surface area (Å²) in [6, 6.07) is 0. The van der Waals surface area contributed by atoms with Crippen molar-refractivity contribution in [2.75, 3.05) is 39.3 Å². The number of hydrogen-bond acceptors (Lipinski definition) is 6. The summed E-state index contributed by atoms with van der Waals surface area (Å²) >= 11 is 0. The van der Waals surface area contributed by atoms with Crippen molar-refractivity contribution in [2.45, 2.75) is 0 Å². The van der Waals surface area contributed by atoms with Crippen LogP contribution in [0.25, 0.3) is 0 Å². The fourth-order valence-corrected chi connectivity index (χ4v) is 1.48. The van der Waals surface area contributed by atoms with Crippen LogP contribution in [0.15, 0.2) is 0 Å². The number of nitrogens with zero attached hydrogens (tertiary/aromatic N) is 2. The van der Waals surface area contributed by atoms with E-state index in [1.807, 2.05) is 0 Å². The first-order valence-corrected chi connectivity index (χ1v) is 5.52. The average Bonchev–Trinajstić information content (AvgIpc) is 2.22. The second-order valence-electron chi connectivity index (χ2n) is 4.00. The molecule has 22 heavy (non-hydrogen) atoms. The van der Waals surface area contributed by atoms with E-state index >= 15 is 0 Å². The molecule has 6 radical (unpaired) electrons. The molecule has 0 fully saturated rings. The number of carbonyl (C=O) groups is 4. The van der Waals surface area contributed by atoms with Crippen LogP contribution in [0.1, 0.15) is 0 Å². The zero-order chi connectivity index (χ0) is 15.7. The van der Waals surface area contributed by atoms with E-state index in [9.17, 15) is 19.2 Å². The Bertz CT molecular complexity index is 327. The minimum Gasteiger partial charge on any atom is -0.480 e. The van der Waals surface area contributed by atoms with Gasteiger partial charge in [0.15, 0.2) is 0 Å². The second-order valence-corrected chi connectivity index (χ2v) is 4.00. The van der Waals surface area contributed by atoms with Gasteiger partial charge in [-0.1, -0.05) is 0 Å². The third-order valence-corrected chi connectivity index (χ3v) is 2.17. The Hall–Kier alpha value is -0.723. The van der Waals surface area contributed by atoms with Crippen molar-refractivity contribution in [3.63, 3.8) is 0 Å². The molecular formula is C10H16CaN2O8Si. The zero-order valence-electron chi connectivity index (χ0n) is 11.8. The smallest absolute Gasteiger partial charge is 0.317 e. The molecule has 0 heterocycles. The molecule has 120 valence electrons. The van der Waals surface area contributed by atoms with Crippen molar-refractivity contribution in [1.82, 2.24) is 9.80 Å². The van der Waals surface area contributed by atoms with Gasteiger partial charge < -0.3 is 20.4 Å². The van der Waals surface area contributed by atoms with E-state index in [0.29, 0.717) is 0 Å². The molecule has 0 bridgehead atoms. The Morgan fingerprint density at radius 2 is 0.773 bits per heavy atom. The van der Waals surface area contributed by atoms with Gasteiger partial charge in [-0.05, 0) is 0 Å². The van der Waals surface area contributed by atoms with Crippen molar-refractivity contribution < 1.29 is 39.6 Å². The molecule has 0 aliphatic heterocycles. The second kappa shape index (κ2) is 13.9.